The van der Waals surface area contributed by atoms with Gasteiger partial charge in [-0.1, -0.05) is 18.2 Å². The maximum Gasteiger partial charge on any atom is 0.413 e. The Hall–Kier alpha value is -11.9. The fraction of sp³-hybridized carbons (Fsp3) is 0.299. The number of urea groups is 2. The summed E-state index contributed by atoms with van der Waals surface area (Å²) in [7, 11) is 0. The number of morpholine rings is 3. The highest BCUT2D eigenvalue weighted by molar-refractivity contribution is 6.01. The van der Waals surface area contributed by atoms with Crippen molar-refractivity contribution in [1.29, 1.82) is 0 Å². The lowest BCUT2D eigenvalue weighted by Gasteiger charge is -2.28. The number of imidazole rings is 3. The SMILES string of the molecule is CCNC(=O)Nc1nc2c(-c3ccccn3)cc(-c3cc(C)n(CN4CCOCC4)c(=O)c3)cc2[nH]1.CCNC(=O)Nc1nc2c(-c3ncccc3F)cc(-c3ccc(CN4CCOCC4)nc3)cc2[nH]1.CCOC(=O)Nc1nc2c(-c3ccccn3)cc(-c3cc(C)n(CN4CCOCC4)c(=O)c3)cc2[nH]1. The van der Waals surface area contributed by atoms with E-state index in [0.717, 1.165) is 138 Å². The molecule has 3 aliphatic heterocycles. The van der Waals surface area contributed by atoms with E-state index in [0.29, 0.717) is 91.9 Å². The molecule has 0 unspecified atom stereocenters. The van der Waals surface area contributed by atoms with E-state index in [1.54, 1.807) is 52.8 Å². The number of ether oxygens (including phenoxy) is 4. The monoisotopic (exact) mass is 1450 g/mol. The number of nitrogens with one attached hydrogen (secondary N) is 8. The van der Waals surface area contributed by atoms with Gasteiger partial charge < -0.3 is 44.5 Å². The van der Waals surface area contributed by atoms with Crippen LogP contribution in [0.5, 0.6) is 0 Å². The van der Waals surface area contributed by atoms with Crippen molar-refractivity contribution in [3.63, 3.8) is 0 Å². The Bertz CT molecular complexity index is 5020. The number of carbonyl (C=O) groups is 3. The number of hydrogen-bond donors (Lipinski definition) is 8. The minimum absolute atomic E-state index is 0.0563. The van der Waals surface area contributed by atoms with Gasteiger partial charge in [0.1, 0.15) is 17.0 Å². The Morgan fingerprint density at radius 2 is 0.925 bits per heavy atom. The van der Waals surface area contributed by atoms with Crippen molar-refractivity contribution in [1.82, 2.24) is 84.3 Å². The average molecular weight is 1450 g/mol. The predicted octanol–water partition coefficient (Wildman–Crippen LogP) is 10.6. The van der Waals surface area contributed by atoms with E-state index < -0.39 is 11.9 Å². The summed E-state index contributed by atoms with van der Waals surface area (Å²) < 4.78 is 39.5. The molecular weight excluding hydrogens is 1370 g/mol. The number of anilines is 3. The minimum atomic E-state index is -0.587. The molecule has 12 aromatic rings. The first-order chi connectivity index (χ1) is 52.1. The molecule has 15 rings (SSSR count). The number of halogens is 1. The summed E-state index contributed by atoms with van der Waals surface area (Å²) >= 11 is 0. The number of benzene rings is 3. The molecule has 107 heavy (non-hydrogen) atoms. The molecule has 0 atom stereocenters. The van der Waals surface area contributed by atoms with Crippen LogP contribution < -0.4 is 37.7 Å². The first kappa shape index (κ1) is 73.4. The molecule has 9 aromatic heterocycles. The number of aromatic nitrogens is 12. The second-order valence-corrected chi connectivity index (χ2v) is 25.6. The van der Waals surface area contributed by atoms with Gasteiger partial charge in [-0.05, 0) is 153 Å². The predicted molar refractivity (Wildman–Crippen MR) is 407 cm³/mol. The second-order valence-electron chi connectivity index (χ2n) is 25.6. The van der Waals surface area contributed by atoms with Gasteiger partial charge in [0.15, 0.2) is 0 Å². The molecule has 29 nitrogen and oxygen atoms in total. The lowest BCUT2D eigenvalue weighted by atomic mass is 10.00. The molecule has 0 aliphatic carbocycles. The van der Waals surface area contributed by atoms with Gasteiger partial charge in [-0.15, -0.1) is 0 Å². The highest BCUT2D eigenvalue weighted by atomic mass is 19.1. The number of hydrogen-bond acceptors (Lipinski definition) is 19. The smallest absolute Gasteiger partial charge is 0.413 e. The zero-order valence-electron chi connectivity index (χ0n) is 60.0. The van der Waals surface area contributed by atoms with Gasteiger partial charge in [0.05, 0.1) is 104 Å². The van der Waals surface area contributed by atoms with E-state index >= 15 is 0 Å². The van der Waals surface area contributed by atoms with E-state index in [1.807, 2.05) is 131 Å². The van der Waals surface area contributed by atoms with Crippen molar-refractivity contribution < 1.29 is 37.7 Å². The molecule has 8 N–H and O–H groups in total. The van der Waals surface area contributed by atoms with Gasteiger partial charge in [-0.25, -0.2) is 33.7 Å². The van der Waals surface area contributed by atoms with Crippen molar-refractivity contribution in [2.24, 2.45) is 0 Å². The average Bonchev–Trinajstić information content (AvgIpc) is 1.73. The molecule has 3 fully saturated rings. The number of pyridine rings is 6. The van der Waals surface area contributed by atoms with Crippen molar-refractivity contribution >= 4 is 69.1 Å². The van der Waals surface area contributed by atoms with E-state index in [9.17, 15) is 28.4 Å². The minimum Gasteiger partial charge on any atom is -0.450 e. The summed E-state index contributed by atoms with van der Waals surface area (Å²) in [6, 6.07) is 36.5. The van der Waals surface area contributed by atoms with Crippen LogP contribution in [-0.4, -0.2) is 190 Å². The van der Waals surface area contributed by atoms with Crippen LogP contribution in [0.2, 0.25) is 0 Å². The number of aromatic amines is 3. The molecular formula is C77H83FN20O9. The Morgan fingerprint density at radius 3 is 1.36 bits per heavy atom. The van der Waals surface area contributed by atoms with Crippen LogP contribution in [-0.2, 0) is 38.8 Å². The Kier molecular flexibility index (Phi) is 23.5. The van der Waals surface area contributed by atoms with Crippen molar-refractivity contribution in [3.05, 3.63) is 190 Å². The third kappa shape index (κ3) is 18.1. The number of amides is 5. The molecule has 5 amide bonds. The molecule has 0 bridgehead atoms. The third-order valence-electron chi connectivity index (χ3n) is 18.2. The quantitative estimate of drug-likeness (QED) is 0.0396. The highest BCUT2D eigenvalue weighted by Crippen LogP contribution is 2.37. The molecule has 3 saturated heterocycles. The summed E-state index contributed by atoms with van der Waals surface area (Å²) in [5.41, 5.74) is 15.3. The van der Waals surface area contributed by atoms with Crippen LogP contribution >= 0.6 is 0 Å². The maximum absolute atomic E-state index is 14.7. The van der Waals surface area contributed by atoms with Crippen molar-refractivity contribution in [2.45, 2.75) is 54.5 Å². The first-order valence-corrected chi connectivity index (χ1v) is 35.5. The zero-order valence-corrected chi connectivity index (χ0v) is 60.0. The molecule has 3 aliphatic rings. The first-order valence-electron chi connectivity index (χ1n) is 35.5. The molecule has 0 saturated carbocycles. The lowest BCUT2D eigenvalue weighted by Crippen LogP contribution is -2.40. The summed E-state index contributed by atoms with van der Waals surface area (Å²) in [4.78, 5) is 110. The van der Waals surface area contributed by atoms with Crippen molar-refractivity contribution in [2.75, 3.05) is 115 Å². The number of H-pyrrole nitrogens is 3. The summed E-state index contributed by atoms with van der Waals surface area (Å²) in [6.07, 6.45) is 6.22. The summed E-state index contributed by atoms with van der Waals surface area (Å²) in [5, 5.41) is 13.4. The van der Waals surface area contributed by atoms with E-state index in [1.165, 1.54) is 6.07 Å². The Labute approximate surface area is 614 Å². The van der Waals surface area contributed by atoms with E-state index in [4.69, 9.17) is 18.9 Å². The van der Waals surface area contributed by atoms with Gasteiger partial charge in [-0.3, -0.25) is 69.3 Å². The molecule has 3 aromatic carbocycles. The largest absolute Gasteiger partial charge is 0.450 e. The Balaban J connectivity index is 0.000000142. The van der Waals surface area contributed by atoms with E-state index in [2.05, 4.69) is 91.1 Å². The molecule has 30 heteroatoms. The molecule has 0 radical (unpaired) electrons. The van der Waals surface area contributed by atoms with Crippen LogP contribution in [0, 0.1) is 19.7 Å². The fourth-order valence-electron chi connectivity index (χ4n) is 12.8. The number of rotatable bonds is 18. The standard InChI is InChI=1S/C26H29N7O3.C26H28N6O4.C25H26FN7O2/c1-3-27-26(35)31-25-29-22-14-19(13-20(24(22)30-25)21-6-4-5-7-28-21)18-12-17(2)33(23(34)15-18)16-32-8-10-36-11-9-32;1-3-36-26(34)30-25-28-22-14-19(13-20(24(22)29-25)21-6-4-5-7-27-21)18-12-17(2)32(23(33)15-18)16-31-8-10-35-11-9-31;1-2-27-25(34)32-24-30-21-13-17(12-19(23(21)31-24)22-20(26)4-3-7-28-22)16-5-6-18(29-14-16)15-33-8-10-35-11-9-33/h4-7,12-15H,3,8-11,16H2,1-2H3,(H3,27,29,30,31,35);4-7,12-15H,3,8-11,16H2,1-2H3,(H2,28,29,30,34);3-7,12-14H,2,8-11,15H2,1H3,(H3,27,30,31,32,34). The highest BCUT2D eigenvalue weighted by Gasteiger charge is 2.23. The topological polar surface area (TPSA) is 340 Å². The molecule has 0 spiro atoms. The van der Waals surface area contributed by atoms with Gasteiger partial charge in [0.2, 0.25) is 17.8 Å². The Morgan fingerprint density at radius 1 is 0.486 bits per heavy atom. The number of fused-ring (bicyclic) bond motifs is 3. The lowest BCUT2D eigenvalue weighted by molar-refractivity contribution is 0.0225. The van der Waals surface area contributed by atoms with Gasteiger partial charge in [-0.2, -0.15) is 0 Å². The van der Waals surface area contributed by atoms with Gasteiger partial charge in [0, 0.05) is 129 Å². The zero-order chi connectivity index (χ0) is 74.3. The van der Waals surface area contributed by atoms with Crippen LogP contribution in [0.4, 0.5) is 36.6 Å². The molecule has 552 valence electrons. The maximum atomic E-state index is 14.7. The van der Waals surface area contributed by atoms with Crippen LogP contribution in [0.3, 0.4) is 0 Å². The van der Waals surface area contributed by atoms with Crippen LogP contribution in [0.15, 0.2) is 156 Å². The number of carbonyl (C=O) groups excluding carboxylic acids is 3. The molecule has 12 heterocycles. The summed E-state index contributed by atoms with van der Waals surface area (Å²) in [6.45, 7) is 21.6. The normalized spacial score (nSPS) is 14.2. The number of aryl methyl sites for hydroxylation is 2. The van der Waals surface area contributed by atoms with E-state index in [-0.39, 0.29) is 47.4 Å². The fourth-order valence-corrected chi connectivity index (χ4v) is 12.8. The van der Waals surface area contributed by atoms with Crippen molar-refractivity contribution in [3.8, 4) is 67.2 Å². The summed E-state index contributed by atoms with van der Waals surface area (Å²) in [5.74, 6) is 0.420. The van der Waals surface area contributed by atoms with Gasteiger partial charge >= 0.3 is 18.2 Å². The van der Waals surface area contributed by atoms with Gasteiger partial charge in [0.25, 0.3) is 11.1 Å². The van der Waals surface area contributed by atoms with Crippen LogP contribution in [0.1, 0.15) is 37.9 Å². The third-order valence-corrected chi connectivity index (χ3v) is 18.2. The number of nitrogens with zero attached hydrogens (tertiary/aromatic N) is 12. The van der Waals surface area contributed by atoms with Crippen LogP contribution in [0.25, 0.3) is 100 Å². The second kappa shape index (κ2) is 34.3.